The molecule has 0 heterocycles. The van der Waals surface area contributed by atoms with E-state index in [0.717, 1.165) is 5.56 Å². The molecule has 4 N–H and O–H groups in total. The first-order chi connectivity index (χ1) is 16.0. The Balaban J connectivity index is 1.50. The van der Waals surface area contributed by atoms with E-state index in [1.807, 2.05) is 30.3 Å². The third-order valence-corrected chi connectivity index (χ3v) is 7.36. The van der Waals surface area contributed by atoms with Crippen LogP contribution in [-0.2, 0) is 31.4 Å². The van der Waals surface area contributed by atoms with Crippen molar-refractivity contribution >= 4 is 26.0 Å². The van der Waals surface area contributed by atoms with Gasteiger partial charge in [-0.25, -0.2) is 26.7 Å². The fourth-order valence-corrected chi connectivity index (χ4v) is 4.77. The van der Waals surface area contributed by atoms with E-state index in [1.165, 1.54) is 36.4 Å². The van der Waals surface area contributed by atoms with E-state index in [2.05, 4.69) is 10.0 Å². The molecule has 3 aromatic carbocycles. The summed E-state index contributed by atoms with van der Waals surface area (Å²) in [4.78, 5) is 12.1. The molecule has 11 heteroatoms. The first-order valence-electron chi connectivity index (χ1n) is 10.2. The standard InChI is InChI=1S/C23H25N3O6S2/c1-17(19-5-3-2-4-6-19)26-34(30,31)22-13-9-20(10-14-22)32-16-23(27)25-15-18-7-11-21(12-8-18)33(24,28)29/h2-14,17,26H,15-16H2,1H3,(H,25,27)(H2,24,28,29)/t17-/m0/s1. The molecule has 3 aromatic rings. The van der Waals surface area contributed by atoms with Gasteiger partial charge in [0.25, 0.3) is 5.91 Å². The molecule has 0 aromatic heterocycles. The first kappa shape index (κ1) is 25.4. The number of rotatable bonds is 10. The van der Waals surface area contributed by atoms with Crippen LogP contribution in [0.4, 0.5) is 0 Å². The van der Waals surface area contributed by atoms with Crippen molar-refractivity contribution < 1.29 is 26.4 Å². The smallest absolute Gasteiger partial charge is 0.258 e. The van der Waals surface area contributed by atoms with Crippen LogP contribution in [0.2, 0.25) is 0 Å². The monoisotopic (exact) mass is 503 g/mol. The minimum atomic E-state index is -3.77. The van der Waals surface area contributed by atoms with Crippen LogP contribution >= 0.6 is 0 Å². The second-order valence-corrected chi connectivity index (χ2v) is 10.8. The zero-order valence-electron chi connectivity index (χ0n) is 18.3. The van der Waals surface area contributed by atoms with E-state index in [-0.39, 0.29) is 22.9 Å². The Morgan fingerprint density at radius 1 is 0.882 bits per heavy atom. The summed E-state index contributed by atoms with van der Waals surface area (Å²) in [5.41, 5.74) is 1.53. The molecule has 0 fully saturated rings. The lowest BCUT2D eigenvalue weighted by atomic mass is 10.1. The molecule has 34 heavy (non-hydrogen) atoms. The lowest BCUT2D eigenvalue weighted by molar-refractivity contribution is -0.123. The van der Waals surface area contributed by atoms with Crippen LogP contribution < -0.4 is 19.9 Å². The summed E-state index contributed by atoms with van der Waals surface area (Å²) in [5, 5.41) is 7.70. The number of nitrogens with one attached hydrogen (secondary N) is 2. The van der Waals surface area contributed by atoms with Crippen molar-refractivity contribution in [1.29, 1.82) is 0 Å². The second kappa shape index (κ2) is 10.8. The van der Waals surface area contributed by atoms with Gasteiger partial charge in [0.05, 0.1) is 9.79 Å². The maximum Gasteiger partial charge on any atom is 0.258 e. The number of primary sulfonamides is 1. The topological polar surface area (TPSA) is 145 Å². The molecule has 0 aliphatic rings. The molecule has 0 aliphatic heterocycles. The average Bonchev–Trinajstić information content (AvgIpc) is 2.81. The van der Waals surface area contributed by atoms with Crippen molar-refractivity contribution in [3.8, 4) is 5.75 Å². The fraction of sp³-hybridized carbons (Fsp3) is 0.174. The van der Waals surface area contributed by atoms with Gasteiger partial charge in [-0.15, -0.1) is 0 Å². The summed E-state index contributed by atoms with van der Waals surface area (Å²) in [6, 6.07) is 20.4. The van der Waals surface area contributed by atoms with Gasteiger partial charge in [-0.3, -0.25) is 4.79 Å². The molecule has 180 valence electrons. The lowest BCUT2D eigenvalue weighted by Gasteiger charge is -2.15. The zero-order chi connectivity index (χ0) is 24.8. The molecular formula is C23H25N3O6S2. The Bertz CT molecular complexity index is 1330. The Morgan fingerprint density at radius 3 is 2.06 bits per heavy atom. The number of sulfonamides is 2. The molecule has 1 atom stereocenters. The number of amides is 1. The third-order valence-electron chi connectivity index (χ3n) is 4.88. The van der Waals surface area contributed by atoms with Crippen molar-refractivity contribution in [2.75, 3.05) is 6.61 Å². The van der Waals surface area contributed by atoms with Crippen LogP contribution in [0, 0.1) is 0 Å². The minimum absolute atomic E-state index is 0.0129. The highest BCUT2D eigenvalue weighted by Crippen LogP contribution is 2.19. The van der Waals surface area contributed by atoms with Gasteiger partial charge in [0.15, 0.2) is 6.61 Å². The van der Waals surface area contributed by atoms with Gasteiger partial charge in [-0.2, -0.15) is 0 Å². The number of nitrogens with two attached hydrogens (primary N) is 1. The van der Waals surface area contributed by atoms with Crippen molar-refractivity contribution in [1.82, 2.24) is 10.0 Å². The van der Waals surface area contributed by atoms with Gasteiger partial charge in [-0.1, -0.05) is 42.5 Å². The molecule has 0 aliphatic carbocycles. The third kappa shape index (κ3) is 7.12. The largest absolute Gasteiger partial charge is 0.484 e. The summed E-state index contributed by atoms with van der Waals surface area (Å²) in [5.74, 6) is -0.0618. The molecule has 1 amide bonds. The highest BCUT2D eigenvalue weighted by molar-refractivity contribution is 7.89. The van der Waals surface area contributed by atoms with E-state index in [1.54, 1.807) is 19.1 Å². The van der Waals surface area contributed by atoms with Crippen LogP contribution in [0.3, 0.4) is 0 Å². The van der Waals surface area contributed by atoms with Gasteiger partial charge in [-0.05, 0) is 54.4 Å². The Morgan fingerprint density at radius 2 is 1.47 bits per heavy atom. The molecule has 3 rings (SSSR count). The fourth-order valence-electron chi connectivity index (χ4n) is 3.02. The highest BCUT2D eigenvalue weighted by atomic mass is 32.2. The number of hydrogen-bond donors (Lipinski definition) is 3. The summed E-state index contributed by atoms with van der Waals surface area (Å²) < 4.78 is 55.8. The van der Waals surface area contributed by atoms with Gasteiger partial charge in [0, 0.05) is 12.6 Å². The van der Waals surface area contributed by atoms with Crippen molar-refractivity contribution in [3.63, 3.8) is 0 Å². The molecule has 9 nitrogen and oxygen atoms in total. The molecule has 0 saturated heterocycles. The van der Waals surface area contributed by atoms with Crippen molar-refractivity contribution in [2.24, 2.45) is 5.14 Å². The van der Waals surface area contributed by atoms with Crippen LogP contribution in [0.5, 0.6) is 5.75 Å². The van der Waals surface area contributed by atoms with Gasteiger partial charge >= 0.3 is 0 Å². The van der Waals surface area contributed by atoms with Crippen molar-refractivity contribution in [3.05, 3.63) is 90.0 Å². The Labute approximate surface area is 199 Å². The van der Waals surface area contributed by atoms with Gasteiger partial charge < -0.3 is 10.1 Å². The number of benzene rings is 3. The zero-order valence-corrected chi connectivity index (χ0v) is 20.0. The number of carbonyl (C=O) groups is 1. The molecule has 0 bridgehead atoms. The summed E-state index contributed by atoms with van der Waals surface area (Å²) in [6.07, 6.45) is 0. The number of ether oxygens (including phenoxy) is 1. The SMILES string of the molecule is C[C@H](NS(=O)(=O)c1ccc(OCC(=O)NCc2ccc(S(N)(=O)=O)cc2)cc1)c1ccccc1. The van der Waals surface area contributed by atoms with Gasteiger partial charge in [0.2, 0.25) is 20.0 Å². The van der Waals surface area contributed by atoms with Gasteiger partial charge in [0.1, 0.15) is 5.75 Å². The Hall–Kier alpha value is -3.25. The van der Waals surface area contributed by atoms with E-state index in [0.29, 0.717) is 11.3 Å². The molecule has 0 unspecified atom stereocenters. The van der Waals surface area contributed by atoms with E-state index in [9.17, 15) is 21.6 Å². The maximum atomic E-state index is 12.6. The van der Waals surface area contributed by atoms with E-state index >= 15 is 0 Å². The molecule has 0 radical (unpaired) electrons. The summed E-state index contributed by atoms with van der Waals surface area (Å²) >= 11 is 0. The second-order valence-electron chi connectivity index (χ2n) is 7.48. The molecule has 0 spiro atoms. The average molecular weight is 504 g/mol. The molecular weight excluding hydrogens is 478 g/mol. The highest BCUT2D eigenvalue weighted by Gasteiger charge is 2.18. The predicted octanol–water partition coefficient (Wildman–Crippen LogP) is 2.07. The minimum Gasteiger partial charge on any atom is -0.484 e. The number of carbonyl (C=O) groups excluding carboxylic acids is 1. The summed E-state index contributed by atoms with van der Waals surface area (Å²) in [6.45, 7) is 1.66. The first-order valence-corrected chi connectivity index (χ1v) is 13.3. The van der Waals surface area contributed by atoms with Crippen molar-refractivity contribution in [2.45, 2.75) is 29.3 Å². The van der Waals surface area contributed by atoms with Crippen LogP contribution in [-0.4, -0.2) is 29.3 Å². The summed E-state index contributed by atoms with van der Waals surface area (Å²) in [7, 11) is -7.51. The van der Waals surface area contributed by atoms with Crippen LogP contribution in [0.15, 0.2) is 88.7 Å². The van der Waals surface area contributed by atoms with Crippen LogP contribution in [0.1, 0.15) is 24.1 Å². The lowest BCUT2D eigenvalue weighted by Crippen LogP contribution is -2.28. The number of hydrogen-bond acceptors (Lipinski definition) is 6. The van der Waals surface area contributed by atoms with Crippen LogP contribution in [0.25, 0.3) is 0 Å². The molecule has 0 saturated carbocycles. The Kier molecular flexibility index (Phi) is 8.05. The normalized spacial score (nSPS) is 12.6. The maximum absolute atomic E-state index is 12.6. The predicted molar refractivity (Wildman–Crippen MR) is 127 cm³/mol. The quantitative estimate of drug-likeness (QED) is 0.386. The van der Waals surface area contributed by atoms with E-state index in [4.69, 9.17) is 9.88 Å². The van der Waals surface area contributed by atoms with E-state index < -0.39 is 32.0 Å².